The maximum Gasteiger partial charge on any atom is 0.472 e. The van der Waals surface area contributed by atoms with Crippen molar-refractivity contribution in [1.29, 1.82) is 0 Å². The van der Waals surface area contributed by atoms with Crippen molar-refractivity contribution in [3.8, 4) is 0 Å². The minimum Gasteiger partial charge on any atom is -0.402 e. The maximum absolute atomic E-state index is 10.8. The number of nitro groups is 1. The van der Waals surface area contributed by atoms with Gasteiger partial charge in [-0.3, -0.25) is 10.1 Å². The van der Waals surface area contributed by atoms with Gasteiger partial charge in [-0.1, -0.05) is 39.0 Å². The molecule has 0 bridgehead atoms. The van der Waals surface area contributed by atoms with Crippen LogP contribution in [0.5, 0.6) is 0 Å². The molecule has 1 heterocycles. The second-order valence-electron chi connectivity index (χ2n) is 6.50. The molecule has 0 spiro atoms. The van der Waals surface area contributed by atoms with Crippen LogP contribution in [0.3, 0.4) is 0 Å². The van der Waals surface area contributed by atoms with Gasteiger partial charge in [0.1, 0.15) is 0 Å². The van der Waals surface area contributed by atoms with Crippen LogP contribution in [-0.4, -0.2) is 23.2 Å². The van der Waals surface area contributed by atoms with Crippen LogP contribution < -0.4 is 0 Å². The Balaban J connectivity index is 0.00000116. The first-order valence-electron chi connectivity index (χ1n) is 7.66. The average molecular weight is 307 g/mol. The monoisotopic (exact) mass is 307 g/mol. The first kappa shape index (κ1) is 18.7. The highest BCUT2D eigenvalue weighted by molar-refractivity contribution is 6.51. The van der Waals surface area contributed by atoms with Crippen LogP contribution >= 0.6 is 0 Å². The molecule has 0 saturated carbocycles. The topological polar surface area (TPSA) is 61.6 Å². The van der Waals surface area contributed by atoms with Crippen molar-refractivity contribution < 1.29 is 14.2 Å². The van der Waals surface area contributed by atoms with Crippen molar-refractivity contribution in [3.63, 3.8) is 0 Å². The summed E-state index contributed by atoms with van der Waals surface area (Å²) in [5.74, 6) is 0. The first-order valence-corrected chi connectivity index (χ1v) is 7.66. The molecule has 1 aliphatic heterocycles. The summed E-state index contributed by atoms with van der Waals surface area (Å²) in [6.07, 6.45) is 8.32. The number of rotatable bonds is 2. The quantitative estimate of drug-likeness (QED) is 0.437. The molecule has 1 atom stereocenters. The summed E-state index contributed by atoms with van der Waals surface area (Å²) >= 11 is 0. The highest BCUT2D eigenvalue weighted by Crippen LogP contribution is 2.47. The summed E-state index contributed by atoms with van der Waals surface area (Å²) in [7, 11) is -0.473. The molecular formula is C16H26BNO4. The number of hydrogen-bond donors (Lipinski definition) is 0. The van der Waals surface area contributed by atoms with Crippen molar-refractivity contribution in [2.45, 2.75) is 65.0 Å². The molecule has 1 fully saturated rings. The van der Waals surface area contributed by atoms with Crippen molar-refractivity contribution in [1.82, 2.24) is 0 Å². The third kappa shape index (κ3) is 3.50. The van der Waals surface area contributed by atoms with Crippen LogP contribution in [0.1, 0.15) is 48.5 Å². The van der Waals surface area contributed by atoms with E-state index in [1.54, 1.807) is 12.2 Å². The van der Waals surface area contributed by atoms with Crippen molar-refractivity contribution in [2.24, 2.45) is 0 Å². The van der Waals surface area contributed by atoms with Gasteiger partial charge in [0.25, 0.3) is 5.70 Å². The fourth-order valence-electron chi connectivity index (χ4n) is 2.11. The Hall–Kier alpha value is -1.40. The zero-order valence-corrected chi connectivity index (χ0v) is 14.5. The molecule has 122 valence electrons. The van der Waals surface area contributed by atoms with E-state index in [4.69, 9.17) is 9.31 Å². The van der Waals surface area contributed by atoms with E-state index in [1.807, 2.05) is 54.5 Å². The minimum atomic E-state index is -0.542. The van der Waals surface area contributed by atoms with E-state index >= 15 is 0 Å². The Morgan fingerprint density at radius 1 is 1.05 bits per heavy atom. The summed E-state index contributed by atoms with van der Waals surface area (Å²) in [4.78, 5) is 10.4. The molecule has 1 aliphatic carbocycles. The summed E-state index contributed by atoms with van der Waals surface area (Å²) in [6, 6.07) is 0. The van der Waals surface area contributed by atoms with Crippen LogP contribution in [0.4, 0.5) is 0 Å². The zero-order chi connectivity index (χ0) is 17.2. The van der Waals surface area contributed by atoms with Gasteiger partial charge in [-0.15, -0.1) is 0 Å². The first-order chi connectivity index (χ1) is 10.1. The summed E-state index contributed by atoms with van der Waals surface area (Å²) in [6.45, 7) is 13.9. The molecule has 0 amide bonds. The molecule has 0 aromatic rings. The minimum absolute atomic E-state index is 0.0569. The van der Waals surface area contributed by atoms with E-state index < -0.39 is 28.6 Å². The number of hydrogen-bond acceptors (Lipinski definition) is 4. The molecule has 0 radical (unpaired) electrons. The zero-order valence-electron chi connectivity index (χ0n) is 14.5. The molecule has 2 rings (SSSR count). The van der Waals surface area contributed by atoms with E-state index in [1.165, 1.54) is 12.2 Å². The Morgan fingerprint density at radius 2 is 1.55 bits per heavy atom. The van der Waals surface area contributed by atoms with Gasteiger partial charge in [-0.2, -0.15) is 0 Å². The highest BCUT2D eigenvalue weighted by atomic mass is 16.7. The second kappa shape index (κ2) is 6.38. The van der Waals surface area contributed by atoms with Gasteiger partial charge >= 0.3 is 7.12 Å². The smallest absolute Gasteiger partial charge is 0.402 e. The molecule has 0 aromatic heterocycles. The summed E-state index contributed by atoms with van der Waals surface area (Å²) < 4.78 is 12.1. The van der Waals surface area contributed by atoms with Gasteiger partial charge in [0, 0.05) is 17.5 Å². The highest BCUT2D eigenvalue weighted by Gasteiger charge is 2.56. The second-order valence-corrected chi connectivity index (χ2v) is 6.50. The van der Waals surface area contributed by atoms with Crippen molar-refractivity contribution in [2.75, 3.05) is 0 Å². The fraction of sp³-hybridized carbons (Fsp3) is 0.625. The van der Waals surface area contributed by atoms with Gasteiger partial charge in [0.05, 0.1) is 16.1 Å². The molecule has 22 heavy (non-hydrogen) atoms. The largest absolute Gasteiger partial charge is 0.472 e. The molecule has 2 aliphatic rings. The fourth-order valence-corrected chi connectivity index (χ4v) is 2.11. The normalized spacial score (nSPS) is 28.5. The predicted octanol–water partition coefficient (Wildman–Crippen LogP) is 4.15. The lowest BCUT2D eigenvalue weighted by Crippen LogP contribution is -2.41. The molecule has 1 unspecified atom stereocenters. The lowest BCUT2D eigenvalue weighted by atomic mass is 9.58. The Kier molecular flexibility index (Phi) is 5.41. The average Bonchev–Trinajstić information content (AvgIpc) is 2.57. The molecule has 0 N–H and O–H groups in total. The van der Waals surface area contributed by atoms with Crippen LogP contribution in [0, 0.1) is 10.1 Å². The lowest BCUT2D eigenvalue weighted by Gasteiger charge is -2.32. The standard InChI is InChI=1S/C14H20BNO4.C2H6/c1-12(2)13(3,4)20-15(19-12)14(5)9-6-7-11(8-10-14)16(17)18;1-2/h6-10H,1-5H3;1-2H3. The summed E-state index contributed by atoms with van der Waals surface area (Å²) in [5, 5.41) is 10.3. The lowest BCUT2D eigenvalue weighted by molar-refractivity contribution is -0.419. The van der Waals surface area contributed by atoms with E-state index in [2.05, 4.69) is 0 Å². The Labute approximate surface area is 133 Å². The SMILES string of the molecule is CC.CC1(B2OC(C)(C)C(C)(C)O2)C=CC=C([N+](=O)[O-])C=C1. The van der Waals surface area contributed by atoms with Gasteiger partial charge < -0.3 is 9.31 Å². The van der Waals surface area contributed by atoms with Crippen LogP contribution in [-0.2, 0) is 9.31 Å². The maximum atomic E-state index is 10.8. The van der Waals surface area contributed by atoms with Crippen molar-refractivity contribution in [3.05, 3.63) is 46.2 Å². The van der Waals surface area contributed by atoms with Gasteiger partial charge in [0.15, 0.2) is 0 Å². The Morgan fingerprint density at radius 3 is 2.00 bits per heavy atom. The van der Waals surface area contributed by atoms with Crippen LogP contribution in [0.2, 0.25) is 5.31 Å². The van der Waals surface area contributed by atoms with Crippen molar-refractivity contribution >= 4 is 7.12 Å². The van der Waals surface area contributed by atoms with E-state index in [0.717, 1.165) is 0 Å². The van der Waals surface area contributed by atoms with Gasteiger partial charge in [-0.25, -0.2) is 0 Å². The van der Waals surface area contributed by atoms with Crippen LogP contribution in [0.25, 0.3) is 0 Å². The van der Waals surface area contributed by atoms with E-state index in [-0.39, 0.29) is 5.70 Å². The Bertz CT molecular complexity index is 506. The third-order valence-electron chi connectivity index (χ3n) is 4.31. The molecule has 1 saturated heterocycles. The molecular weight excluding hydrogens is 281 g/mol. The predicted molar refractivity (Wildman–Crippen MR) is 89.2 cm³/mol. The molecule has 6 heteroatoms. The number of nitrogens with zero attached hydrogens (tertiary/aromatic N) is 1. The van der Waals surface area contributed by atoms with Crippen LogP contribution in [0.15, 0.2) is 36.1 Å². The summed E-state index contributed by atoms with van der Waals surface area (Å²) in [5.41, 5.74) is -0.788. The molecule has 0 aromatic carbocycles. The van der Waals surface area contributed by atoms with Gasteiger partial charge in [-0.05, 0) is 27.7 Å². The van der Waals surface area contributed by atoms with E-state index in [0.29, 0.717) is 0 Å². The third-order valence-corrected chi connectivity index (χ3v) is 4.31. The molecule has 5 nitrogen and oxygen atoms in total. The van der Waals surface area contributed by atoms with E-state index in [9.17, 15) is 10.1 Å². The van der Waals surface area contributed by atoms with Gasteiger partial charge in [0.2, 0.25) is 0 Å². The number of allylic oxidation sites excluding steroid dienone is 5.